The zero-order chi connectivity index (χ0) is 16.1. The third kappa shape index (κ3) is 1.99. The first-order chi connectivity index (χ1) is 10.4. The van der Waals surface area contributed by atoms with Crippen molar-refractivity contribution in [2.24, 2.45) is 0 Å². The number of halogens is 2. The number of benzene rings is 2. The molecule has 1 aliphatic heterocycles. The van der Waals surface area contributed by atoms with E-state index in [1.807, 2.05) is 0 Å². The summed E-state index contributed by atoms with van der Waals surface area (Å²) in [6, 6.07) is 9.57. The number of aromatic carboxylic acids is 1. The molecule has 0 radical (unpaired) electrons. The molecule has 0 fully saturated rings. The number of rotatable bonds is 2. The van der Waals surface area contributed by atoms with Crippen LogP contribution in [-0.4, -0.2) is 17.0 Å². The first-order valence-corrected chi connectivity index (χ1v) is 7.25. The number of carboxylic acids is 1. The lowest BCUT2D eigenvalue weighted by atomic mass is 9.77. The minimum absolute atomic E-state index is 0.109. The van der Waals surface area contributed by atoms with Gasteiger partial charge in [0.2, 0.25) is 5.91 Å². The summed E-state index contributed by atoms with van der Waals surface area (Å²) in [4.78, 5) is 23.7. The Bertz CT molecular complexity index is 819. The van der Waals surface area contributed by atoms with Crippen molar-refractivity contribution in [3.8, 4) is 0 Å². The molecule has 0 spiro atoms. The van der Waals surface area contributed by atoms with E-state index in [2.05, 4.69) is 5.32 Å². The number of anilines is 1. The Morgan fingerprint density at radius 2 is 1.95 bits per heavy atom. The van der Waals surface area contributed by atoms with Gasteiger partial charge in [-0.2, -0.15) is 0 Å². The summed E-state index contributed by atoms with van der Waals surface area (Å²) in [5.41, 5.74) is 0.714. The maximum atomic E-state index is 12.5. The van der Waals surface area contributed by atoms with Crippen molar-refractivity contribution in [1.29, 1.82) is 0 Å². The van der Waals surface area contributed by atoms with E-state index in [-0.39, 0.29) is 11.5 Å². The summed E-state index contributed by atoms with van der Waals surface area (Å²) in [6.07, 6.45) is 0. The molecule has 0 aromatic heterocycles. The molecule has 1 aliphatic rings. The quantitative estimate of drug-likeness (QED) is 0.873. The van der Waals surface area contributed by atoms with Crippen LogP contribution in [-0.2, 0) is 10.2 Å². The van der Waals surface area contributed by atoms with Crippen LogP contribution in [0.2, 0.25) is 10.0 Å². The van der Waals surface area contributed by atoms with Crippen molar-refractivity contribution >= 4 is 40.8 Å². The molecule has 1 heterocycles. The van der Waals surface area contributed by atoms with Crippen LogP contribution >= 0.6 is 23.2 Å². The lowest BCUT2D eigenvalue weighted by Crippen LogP contribution is -2.32. The summed E-state index contributed by atoms with van der Waals surface area (Å²) >= 11 is 12.4. The standard InChI is InChI=1S/C16H11Cl2NO3/c1-16(9-4-2-3-8(7-9)14(20)21)12-11(19-15(16)22)6-5-10(17)13(12)18/h2-7H,1H3,(H,19,22)(H,20,21). The fraction of sp³-hybridized carbons (Fsp3) is 0.125. The van der Waals surface area contributed by atoms with Gasteiger partial charge >= 0.3 is 5.97 Å². The normalized spacial score (nSPS) is 19.7. The van der Waals surface area contributed by atoms with E-state index in [1.54, 1.807) is 31.2 Å². The molecule has 6 heteroatoms. The Kier molecular flexibility index (Phi) is 3.38. The summed E-state index contributed by atoms with van der Waals surface area (Å²) < 4.78 is 0. The van der Waals surface area contributed by atoms with E-state index in [0.29, 0.717) is 26.9 Å². The number of hydrogen-bond acceptors (Lipinski definition) is 2. The fourth-order valence-corrected chi connectivity index (χ4v) is 3.25. The molecule has 0 saturated carbocycles. The highest BCUT2D eigenvalue weighted by Crippen LogP contribution is 2.48. The van der Waals surface area contributed by atoms with Crippen molar-refractivity contribution in [1.82, 2.24) is 0 Å². The highest BCUT2D eigenvalue weighted by molar-refractivity contribution is 6.43. The highest BCUT2D eigenvalue weighted by atomic mass is 35.5. The molecule has 4 nitrogen and oxygen atoms in total. The second-order valence-electron chi connectivity index (χ2n) is 5.25. The van der Waals surface area contributed by atoms with Gasteiger partial charge in [0.05, 0.1) is 21.0 Å². The maximum Gasteiger partial charge on any atom is 0.335 e. The largest absolute Gasteiger partial charge is 0.478 e. The first kappa shape index (κ1) is 14.9. The average Bonchev–Trinajstić information content (AvgIpc) is 2.76. The third-order valence-electron chi connectivity index (χ3n) is 3.98. The van der Waals surface area contributed by atoms with E-state index >= 15 is 0 Å². The van der Waals surface area contributed by atoms with Gasteiger partial charge in [0.25, 0.3) is 0 Å². The Labute approximate surface area is 136 Å². The number of carbonyl (C=O) groups excluding carboxylic acids is 1. The predicted octanol–water partition coefficient (Wildman–Crippen LogP) is 3.95. The van der Waals surface area contributed by atoms with Crippen LogP contribution in [0.1, 0.15) is 28.4 Å². The Hall–Kier alpha value is -2.04. The Balaban J connectivity index is 2.27. The molecule has 2 N–H and O–H groups in total. The number of fused-ring (bicyclic) bond motifs is 1. The second-order valence-corrected chi connectivity index (χ2v) is 6.03. The van der Waals surface area contributed by atoms with Gasteiger partial charge < -0.3 is 10.4 Å². The predicted molar refractivity (Wildman–Crippen MR) is 84.9 cm³/mol. The summed E-state index contributed by atoms with van der Waals surface area (Å²) in [5.74, 6) is -1.32. The van der Waals surface area contributed by atoms with Gasteiger partial charge in [0, 0.05) is 11.3 Å². The van der Waals surface area contributed by atoms with Crippen molar-refractivity contribution < 1.29 is 14.7 Å². The lowest BCUT2D eigenvalue weighted by molar-refractivity contribution is -0.119. The van der Waals surface area contributed by atoms with Gasteiger partial charge in [0.1, 0.15) is 0 Å². The molecule has 3 rings (SSSR count). The second kappa shape index (κ2) is 5.00. The minimum atomic E-state index is -1.09. The minimum Gasteiger partial charge on any atom is -0.478 e. The molecule has 0 aliphatic carbocycles. The van der Waals surface area contributed by atoms with Crippen LogP contribution in [0.5, 0.6) is 0 Å². The van der Waals surface area contributed by atoms with E-state index in [0.717, 1.165) is 0 Å². The number of amides is 1. The molecular weight excluding hydrogens is 325 g/mol. The van der Waals surface area contributed by atoms with Gasteiger partial charge in [-0.1, -0.05) is 35.3 Å². The summed E-state index contributed by atoms with van der Waals surface area (Å²) in [6.45, 7) is 1.71. The van der Waals surface area contributed by atoms with E-state index in [9.17, 15) is 9.59 Å². The lowest BCUT2D eigenvalue weighted by Gasteiger charge is -2.24. The smallest absolute Gasteiger partial charge is 0.335 e. The van der Waals surface area contributed by atoms with Crippen molar-refractivity contribution in [2.75, 3.05) is 5.32 Å². The summed E-state index contributed by atoms with van der Waals surface area (Å²) in [7, 11) is 0. The number of carboxylic acid groups (broad SMARTS) is 1. The molecule has 1 amide bonds. The topological polar surface area (TPSA) is 66.4 Å². The van der Waals surface area contributed by atoms with Crippen molar-refractivity contribution in [3.63, 3.8) is 0 Å². The molecule has 1 unspecified atom stereocenters. The van der Waals surface area contributed by atoms with Crippen LogP contribution in [0.15, 0.2) is 36.4 Å². The molecular formula is C16H11Cl2NO3. The van der Waals surface area contributed by atoms with Crippen LogP contribution in [0.3, 0.4) is 0 Å². The van der Waals surface area contributed by atoms with Gasteiger partial charge in [-0.3, -0.25) is 4.79 Å². The zero-order valence-corrected chi connectivity index (χ0v) is 13.0. The monoisotopic (exact) mass is 335 g/mol. The number of hydrogen-bond donors (Lipinski definition) is 2. The van der Waals surface area contributed by atoms with Gasteiger partial charge in [-0.15, -0.1) is 0 Å². The molecule has 2 aromatic rings. The molecule has 2 aromatic carbocycles. The van der Waals surface area contributed by atoms with Crippen LogP contribution in [0.4, 0.5) is 5.69 Å². The summed E-state index contributed by atoms with van der Waals surface area (Å²) in [5, 5.41) is 12.6. The average molecular weight is 336 g/mol. The zero-order valence-electron chi connectivity index (χ0n) is 11.5. The van der Waals surface area contributed by atoms with Crippen LogP contribution < -0.4 is 5.32 Å². The molecule has 1 atom stereocenters. The molecule has 0 bridgehead atoms. The Morgan fingerprint density at radius 1 is 1.23 bits per heavy atom. The third-order valence-corrected chi connectivity index (χ3v) is 4.79. The van der Waals surface area contributed by atoms with Crippen LogP contribution in [0, 0.1) is 0 Å². The van der Waals surface area contributed by atoms with E-state index in [1.165, 1.54) is 12.1 Å². The SMILES string of the molecule is CC1(c2cccc(C(=O)O)c2)C(=O)Nc2ccc(Cl)c(Cl)c21. The van der Waals surface area contributed by atoms with Gasteiger partial charge in [0.15, 0.2) is 0 Å². The number of nitrogens with one attached hydrogen (secondary N) is 1. The fourth-order valence-electron chi connectivity index (χ4n) is 2.74. The van der Waals surface area contributed by atoms with E-state index in [4.69, 9.17) is 28.3 Å². The van der Waals surface area contributed by atoms with Crippen molar-refractivity contribution in [2.45, 2.75) is 12.3 Å². The van der Waals surface area contributed by atoms with Crippen molar-refractivity contribution in [3.05, 3.63) is 63.1 Å². The highest BCUT2D eigenvalue weighted by Gasteiger charge is 2.46. The molecule has 0 saturated heterocycles. The van der Waals surface area contributed by atoms with Gasteiger partial charge in [-0.05, 0) is 36.8 Å². The Morgan fingerprint density at radius 3 is 2.64 bits per heavy atom. The van der Waals surface area contributed by atoms with E-state index < -0.39 is 11.4 Å². The van der Waals surface area contributed by atoms with Crippen LogP contribution in [0.25, 0.3) is 0 Å². The van der Waals surface area contributed by atoms with Gasteiger partial charge in [-0.25, -0.2) is 4.79 Å². The molecule has 112 valence electrons. The maximum absolute atomic E-state index is 12.5. The first-order valence-electron chi connectivity index (χ1n) is 6.49. The number of carbonyl (C=O) groups is 2. The molecule has 22 heavy (non-hydrogen) atoms.